The molecule has 3 rings (SSSR count). The molecule has 1 aromatic heterocycles. The van der Waals surface area contributed by atoms with Gasteiger partial charge in [-0.1, -0.05) is 29.8 Å². The molecule has 0 amide bonds. The van der Waals surface area contributed by atoms with E-state index in [1.54, 1.807) is 0 Å². The van der Waals surface area contributed by atoms with Crippen molar-refractivity contribution in [3.63, 3.8) is 0 Å². The second kappa shape index (κ2) is 3.70. The molecule has 0 aliphatic heterocycles. The molecule has 17 heavy (non-hydrogen) atoms. The van der Waals surface area contributed by atoms with Crippen LogP contribution in [0.15, 0.2) is 30.3 Å². The van der Waals surface area contributed by atoms with E-state index in [0.29, 0.717) is 11.6 Å². The molecular formula is C13H10ClNO2. The zero-order chi connectivity index (χ0) is 12.0. The minimum absolute atomic E-state index is 0.0251. The predicted molar refractivity (Wildman–Crippen MR) is 65.2 cm³/mol. The largest absolute Gasteiger partial charge is 0.481 e. The molecule has 2 aromatic rings. The number of hydrogen-bond donors (Lipinski definition) is 1. The SMILES string of the molecule is O=C(O)[C@@H]1C[C@H]1c1cc2ccccc2nc1Cl. The minimum Gasteiger partial charge on any atom is -0.481 e. The number of hydrogen-bond acceptors (Lipinski definition) is 2. The summed E-state index contributed by atoms with van der Waals surface area (Å²) in [5.41, 5.74) is 1.70. The summed E-state index contributed by atoms with van der Waals surface area (Å²) in [6, 6.07) is 9.65. The fraction of sp³-hybridized carbons (Fsp3) is 0.231. The van der Waals surface area contributed by atoms with Gasteiger partial charge in [0.05, 0.1) is 11.4 Å². The fourth-order valence-corrected chi connectivity index (χ4v) is 2.47. The Morgan fingerprint density at radius 3 is 2.88 bits per heavy atom. The summed E-state index contributed by atoms with van der Waals surface area (Å²) in [7, 11) is 0. The van der Waals surface area contributed by atoms with E-state index in [1.165, 1.54) is 0 Å². The number of halogens is 1. The number of aromatic nitrogens is 1. The van der Waals surface area contributed by atoms with E-state index < -0.39 is 5.97 Å². The Bertz CT molecular complexity index is 611. The molecule has 1 aliphatic carbocycles. The number of benzene rings is 1. The van der Waals surface area contributed by atoms with Gasteiger partial charge in [0.15, 0.2) is 0 Å². The monoisotopic (exact) mass is 247 g/mol. The van der Waals surface area contributed by atoms with Crippen LogP contribution in [0.2, 0.25) is 5.15 Å². The summed E-state index contributed by atoms with van der Waals surface area (Å²) >= 11 is 6.10. The average molecular weight is 248 g/mol. The van der Waals surface area contributed by atoms with E-state index >= 15 is 0 Å². The zero-order valence-corrected chi connectivity index (χ0v) is 9.69. The Morgan fingerprint density at radius 2 is 2.18 bits per heavy atom. The smallest absolute Gasteiger partial charge is 0.307 e. The summed E-state index contributed by atoms with van der Waals surface area (Å²) in [6.45, 7) is 0. The average Bonchev–Trinajstić information content (AvgIpc) is 3.08. The van der Waals surface area contributed by atoms with E-state index in [-0.39, 0.29) is 11.8 Å². The summed E-state index contributed by atoms with van der Waals surface area (Å²) in [5.74, 6) is -1.02. The lowest BCUT2D eigenvalue weighted by Crippen LogP contribution is -1.99. The number of fused-ring (bicyclic) bond motifs is 1. The Hall–Kier alpha value is -1.61. The van der Waals surface area contributed by atoms with Gasteiger partial charge in [0.2, 0.25) is 0 Å². The van der Waals surface area contributed by atoms with E-state index in [2.05, 4.69) is 4.98 Å². The number of nitrogens with zero attached hydrogens (tertiary/aromatic N) is 1. The standard InChI is InChI=1S/C13H10ClNO2/c14-12-9(8-6-10(8)13(16)17)5-7-3-1-2-4-11(7)15-12/h1-5,8,10H,6H2,(H,16,17)/t8-,10+/m0/s1. The van der Waals surface area contributed by atoms with Crippen molar-refractivity contribution in [2.75, 3.05) is 0 Å². The van der Waals surface area contributed by atoms with Crippen LogP contribution in [0.3, 0.4) is 0 Å². The molecule has 3 nitrogen and oxygen atoms in total. The zero-order valence-electron chi connectivity index (χ0n) is 8.93. The molecule has 4 heteroatoms. The molecule has 0 bridgehead atoms. The van der Waals surface area contributed by atoms with Crippen molar-refractivity contribution in [2.24, 2.45) is 5.92 Å². The third-order valence-corrected chi connectivity index (χ3v) is 3.51. The number of carboxylic acids is 1. The quantitative estimate of drug-likeness (QED) is 0.830. The van der Waals surface area contributed by atoms with Crippen LogP contribution in [-0.2, 0) is 4.79 Å². The summed E-state index contributed by atoms with van der Waals surface area (Å²) < 4.78 is 0. The second-order valence-corrected chi connectivity index (χ2v) is 4.71. The van der Waals surface area contributed by atoms with E-state index in [4.69, 9.17) is 16.7 Å². The van der Waals surface area contributed by atoms with Crippen LogP contribution in [0.4, 0.5) is 0 Å². The minimum atomic E-state index is -0.751. The molecule has 1 N–H and O–H groups in total. The molecule has 86 valence electrons. The Balaban J connectivity index is 2.06. The van der Waals surface area contributed by atoms with Gasteiger partial charge in [-0.15, -0.1) is 0 Å². The van der Waals surface area contributed by atoms with Gasteiger partial charge >= 0.3 is 5.97 Å². The van der Waals surface area contributed by atoms with Crippen molar-refractivity contribution in [2.45, 2.75) is 12.3 Å². The summed E-state index contributed by atoms with van der Waals surface area (Å²) in [4.78, 5) is 15.2. The van der Waals surface area contributed by atoms with Crippen LogP contribution >= 0.6 is 11.6 Å². The van der Waals surface area contributed by atoms with E-state index in [9.17, 15) is 4.79 Å². The van der Waals surface area contributed by atoms with Crippen molar-refractivity contribution in [1.82, 2.24) is 4.98 Å². The molecule has 0 radical (unpaired) electrons. The highest BCUT2D eigenvalue weighted by molar-refractivity contribution is 6.30. The maximum absolute atomic E-state index is 10.9. The maximum Gasteiger partial charge on any atom is 0.307 e. The molecule has 1 aliphatic rings. The van der Waals surface area contributed by atoms with Crippen molar-refractivity contribution >= 4 is 28.5 Å². The lowest BCUT2D eigenvalue weighted by molar-refractivity contribution is -0.138. The molecule has 0 unspecified atom stereocenters. The third kappa shape index (κ3) is 1.76. The topological polar surface area (TPSA) is 50.2 Å². The van der Waals surface area contributed by atoms with Crippen LogP contribution in [0, 0.1) is 5.92 Å². The summed E-state index contributed by atoms with van der Waals surface area (Å²) in [6.07, 6.45) is 0.662. The van der Waals surface area contributed by atoms with Gasteiger partial charge in [0, 0.05) is 11.3 Å². The number of carbonyl (C=O) groups is 1. The number of rotatable bonds is 2. The molecule has 0 spiro atoms. The predicted octanol–water partition coefficient (Wildman–Crippen LogP) is 3.08. The van der Waals surface area contributed by atoms with Gasteiger partial charge in [-0.2, -0.15) is 0 Å². The van der Waals surface area contributed by atoms with Gasteiger partial charge < -0.3 is 5.11 Å². The fourth-order valence-electron chi connectivity index (χ4n) is 2.18. The van der Waals surface area contributed by atoms with Gasteiger partial charge in [0.1, 0.15) is 5.15 Å². The number of para-hydroxylation sites is 1. The van der Waals surface area contributed by atoms with Crippen molar-refractivity contribution in [3.05, 3.63) is 41.0 Å². The van der Waals surface area contributed by atoms with Crippen molar-refractivity contribution in [1.29, 1.82) is 0 Å². The van der Waals surface area contributed by atoms with Gasteiger partial charge in [-0.05, 0) is 24.1 Å². The van der Waals surface area contributed by atoms with Gasteiger partial charge in [-0.3, -0.25) is 4.79 Å². The third-order valence-electron chi connectivity index (χ3n) is 3.21. The Labute approximate surface area is 103 Å². The van der Waals surface area contributed by atoms with E-state index in [0.717, 1.165) is 16.5 Å². The van der Waals surface area contributed by atoms with Gasteiger partial charge in [0.25, 0.3) is 0 Å². The number of aliphatic carboxylic acids is 1. The molecule has 1 aromatic carbocycles. The summed E-state index contributed by atoms with van der Waals surface area (Å²) in [5, 5.41) is 10.4. The van der Waals surface area contributed by atoms with Gasteiger partial charge in [-0.25, -0.2) is 4.98 Å². The number of carboxylic acid groups (broad SMARTS) is 1. The lowest BCUT2D eigenvalue weighted by Gasteiger charge is -2.04. The first-order valence-corrected chi connectivity index (χ1v) is 5.82. The molecule has 2 atom stereocenters. The highest BCUT2D eigenvalue weighted by atomic mass is 35.5. The first-order chi connectivity index (χ1) is 8.16. The van der Waals surface area contributed by atoms with Crippen LogP contribution in [-0.4, -0.2) is 16.1 Å². The second-order valence-electron chi connectivity index (χ2n) is 4.35. The highest BCUT2D eigenvalue weighted by Crippen LogP contribution is 2.49. The Morgan fingerprint density at radius 1 is 1.41 bits per heavy atom. The first-order valence-electron chi connectivity index (χ1n) is 5.45. The first kappa shape index (κ1) is 10.5. The molecule has 1 saturated carbocycles. The lowest BCUT2D eigenvalue weighted by atomic mass is 10.1. The van der Waals surface area contributed by atoms with Crippen LogP contribution in [0.5, 0.6) is 0 Å². The molecule has 1 fully saturated rings. The van der Waals surface area contributed by atoms with Crippen molar-refractivity contribution in [3.8, 4) is 0 Å². The number of pyridine rings is 1. The molecular weight excluding hydrogens is 238 g/mol. The Kier molecular flexibility index (Phi) is 2.30. The maximum atomic E-state index is 10.9. The normalized spacial score (nSPS) is 22.6. The molecule has 1 heterocycles. The highest BCUT2D eigenvalue weighted by Gasteiger charge is 2.45. The van der Waals surface area contributed by atoms with Crippen molar-refractivity contribution < 1.29 is 9.90 Å². The van der Waals surface area contributed by atoms with E-state index in [1.807, 2.05) is 30.3 Å². The molecule has 0 saturated heterocycles. The van der Waals surface area contributed by atoms with Crippen LogP contribution < -0.4 is 0 Å². The van der Waals surface area contributed by atoms with Crippen LogP contribution in [0.25, 0.3) is 10.9 Å². The van der Waals surface area contributed by atoms with Crippen LogP contribution in [0.1, 0.15) is 17.9 Å².